The Hall–Kier alpha value is -1.64. The zero-order valence-corrected chi connectivity index (χ0v) is 10.2. The molecule has 0 aromatic rings. The predicted molar refractivity (Wildman–Crippen MR) is 69.5 cm³/mol. The monoisotopic (exact) mass is 220 g/mol. The van der Waals surface area contributed by atoms with Crippen LogP contribution in [0.4, 0.5) is 0 Å². The second kappa shape index (κ2) is 8.65. The van der Waals surface area contributed by atoms with Gasteiger partial charge in [-0.05, 0) is 25.8 Å². The summed E-state index contributed by atoms with van der Waals surface area (Å²) in [4.78, 5) is 15.2. The van der Waals surface area contributed by atoms with E-state index < -0.39 is 0 Å². The highest BCUT2D eigenvalue weighted by Crippen LogP contribution is 1.99. The molecule has 0 radical (unpaired) electrons. The van der Waals surface area contributed by atoms with E-state index in [9.17, 15) is 4.79 Å². The summed E-state index contributed by atoms with van der Waals surface area (Å²) in [5.74, 6) is -0.0719. The van der Waals surface area contributed by atoms with Crippen LogP contribution < -0.4 is 5.73 Å². The number of hydrogen-bond acceptors (Lipinski definition) is 3. The number of nitrogens with zero attached hydrogens (tertiary/aromatic N) is 1. The average Bonchev–Trinajstić information content (AvgIpc) is 2.28. The molecule has 0 fully saturated rings. The van der Waals surface area contributed by atoms with Crippen LogP contribution in [0.5, 0.6) is 0 Å². The predicted octanol–water partition coefficient (Wildman–Crippen LogP) is 2.40. The van der Waals surface area contributed by atoms with Gasteiger partial charge in [-0.15, -0.1) is 0 Å². The van der Waals surface area contributed by atoms with Crippen LogP contribution in [0.2, 0.25) is 0 Å². The van der Waals surface area contributed by atoms with Gasteiger partial charge in [0.25, 0.3) is 0 Å². The van der Waals surface area contributed by atoms with Crippen molar-refractivity contribution in [3.63, 3.8) is 0 Å². The largest absolute Gasteiger partial charge is 0.404 e. The summed E-state index contributed by atoms with van der Waals surface area (Å²) in [6.07, 6.45) is 9.92. The van der Waals surface area contributed by atoms with Gasteiger partial charge in [-0.2, -0.15) is 0 Å². The second-order valence-electron chi connectivity index (χ2n) is 3.32. The quantitative estimate of drug-likeness (QED) is 0.424. The van der Waals surface area contributed by atoms with Crippen molar-refractivity contribution in [1.29, 1.82) is 0 Å². The molecule has 0 bridgehead atoms. The minimum atomic E-state index is -0.0719. The normalized spacial score (nSPS) is 13.9. The van der Waals surface area contributed by atoms with Crippen molar-refractivity contribution in [2.45, 2.75) is 27.2 Å². The van der Waals surface area contributed by atoms with Gasteiger partial charge in [0, 0.05) is 12.4 Å². The number of aliphatic imine (C=N–C) groups is 1. The van der Waals surface area contributed by atoms with Crippen molar-refractivity contribution in [3.05, 3.63) is 35.6 Å². The van der Waals surface area contributed by atoms with Crippen molar-refractivity contribution in [2.75, 3.05) is 6.54 Å². The van der Waals surface area contributed by atoms with E-state index in [0.717, 1.165) is 12.0 Å². The van der Waals surface area contributed by atoms with Gasteiger partial charge >= 0.3 is 0 Å². The molecular weight excluding hydrogens is 200 g/mol. The van der Waals surface area contributed by atoms with Gasteiger partial charge in [0.2, 0.25) is 0 Å². The molecule has 0 saturated carbocycles. The van der Waals surface area contributed by atoms with Crippen molar-refractivity contribution in [3.8, 4) is 0 Å². The first kappa shape index (κ1) is 14.4. The number of nitrogens with two attached hydrogens (primary N) is 1. The second-order valence-corrected chi connectivity index (χ2v) is 3.32. The molecule has 0 saturated heterocycles. The molecule has 3 heteroatoms. The van der Waals surface area contributed by atoms with Crippen LogP contribution in [-0.2, 0) is 4.79 Å². The Morgan fingerprint density at radius 3 is 2.56 bits per heavy atom. The molecule has 0 atom stereocenters. The van der Waals surface area contributed by atoms with Gasteiger partial charge in [-0.1, -0.05) is 25.2 Å². The molecular formula is C13H20N2O. The summed E-state index contributed by atoms with van der Waals surface area (Å²) in [7, 11) is 0. The summed E-state index contributed by atoms with van der Waals surface area (Å²) in [5, 5.41) is 0. The summed E-state index contributed by atoms with van der Waals surface area (Å²) >= 11 is 0. The summed E-state index contributed by atoms with van der Waals surface area (Å²) in [5.41, 5.74) is 6.86. The molecule has 0 heterocycles. The summed E-state index contributed by atoms with van der Waals surface area (Å²) < 4.78 is 0. The number of carbonyl (C=O) groups excluding carboxylic acids is 1. The molecule has 0 unspecified atom stereocenters. The number of Topliss-reactive ketones (excluding diaryl/α,β-unsaturated/α-hetero) is 1. The van der Waals surface area contributed by atoms with E-state index in [1.165, 1.54) is 19.3 Å². The molecule has 0 aliphatic carbocycles. The summed E-state index contributed by atoms with van der Waals surface area (Å²) in [6.45, 7) is 6.09. The van der Waals surface area contributed by atoms with Crippen LogP contribution >= 0.6 is 0 Å². The third-order valence-electron chi connectivity index (χ3n) is 2.03. The van der Waals surface area contributed by atoms with Crippen molar-refractivity contribution < 1.29 is 4.79 Å². The lowest BCUT2D eigenvalue weighted by Crippen LogP contribution is -2.01. The van der Waals surface area contributed by atoms with E-state index in [2.05, 4.69) is 18.0 Å². The molecule has 0 spiro atoms. The van der Waals surface area contributed by atoms with E-state index in [4.69, 9.17) is 5.73 Å². The number of ketones is 1. The molecule has 0 aliphatic heterocycles. The van der Waals surface area contributed by atoms with Crippen LogP contribution in [0, 0.1) is 0 Å². The smallest absolute Gasteiger partial charge is 0.162 e. The van der Waals surface area contributed by atoms with Crippen LogP contribution in [0.15, 0.2) is 40.6 Å². The van der Waals surface area contributed by atoms with Crippen LogP contribution in [-0.4, -0.2) is 18.5 Å². The lowest BCUT2D eigenvalue weighted by molar-refractivity contribution is -0.113. The van der Waals surface area contributed by atoms with E-state index in [1.54, 1.807) is 0 Å². The minimum Gasteiger partial charge on any atom is -0.404 e. The minimum absolute atomic E-state index is 0.0719. The number of hydrogen-bond donors (Lipinski definition) is 1. The molecule has 16 heavy (non-hydrogen) atoms. The van der Waals surface area contributed by atoms with Crippen LogP contribution in [0.1, 0.15) is 27.2 Å². The zero-order chi connectivity index (χ0) is 12.4. The first-order valence-corrected chi connectivity index (χ1v) is 5.40. The average molecular weight is 220 g/mol. The zero-order valence-electron chi connectivity index (χ0n) is 10.2. The summed E-state index contributed by atoms with van der Waals surface area (Å²) in [6, 6.07) is 0. The van der Waals surface area contributed by atoms with Gasteiger partial charge in [0.15, 0.2) is 5.78 Å². The third kappa shape index (κ3) is 5.96. The highest BCUT2D eigenvalue weighted by molar-refractivity contribution is 6.11. The van der Waals surface area contributed by atoms with E-state index in [0.29, 0.717) is 12.1 Å². The number of carbonyl (C=O) groups is 1. The SMILES string of the molecule is C/C=C(\C=C/CC)CN=CC(=CN)C(C)=O. The Labute approximate surface area is 97.4 Å². The van der Waals surface area contributed by atoms with Gasteiger partial charge in [-0.3, -0.25) is 9.79 Å². The first-order valence-electron chi connectivity index (χ1n) is 5.40. The fourth-order valence-electron chi connectivity index (χ4n) is 1.01. The van der Waals surface area contributed by atoms with E-state index in [1.807, 2.05) is 19.1 Å². The molecule has 3 nitrogen and oxygen atoms in total. The maximum absolute atomic E-state index is 11.0. The Morgan fingerprint density at radius 1 is 1.44 bits per heavy atom. The lowest BCUT2D eigenvalue weighted by atomic mass is 10.2. The van der Waals surface area contributed by atoms with Gasteiger partial charge in [-0.25, -0.2) is 0 Å². The number of allylic oxidation sites excluding steroid dienone is 3. The molecule has 2 N–H and O–H groups in total. The third-order valence-corrected chi connectivity index (χ3v) is 2.03. The Kier molecular flexibility index (Phi) is 7.76. The molecule has 0 aromatic carbocycles. The van der Waals surface area contributed by atoms with Gasteiger partial charge < -0.3 is 5.73 Å². The highest BCUT2D eigenvalue weighted by atomic mass is 16.1. The maximum Gasteiger partial charge on any atom is 0.162 e. The highest BCUT2D eigenvalue weighted by Gasteiger charge is 1.97. The van der Waals surface area contributed by atoms with Crippen LogP contribution in [0.25, 0.3) is 0 Å². The van der Waals surface area contributed by atoms with Crippen molar-refractivity contribution in [2.24, 2.45) is 10.7 Å². The molecule has 0 aliphatic rings. The fraction of sp³-hybridized carbons (Fsp3) is 0.385. The van der Waals surface area contributed by atoms with Gasteiger partial charge in [0.1, 0.15) is 0 Å². The van der Waals surface area contributed by atoms with Crippen molar-refractivity contribution in [1.82, 2.24) is 0 Å². The Balaban J connectivity index is 4.37. The Morgan fingerprint density at radius 2 is 2.12 bits per heavy atom. The molecule has 0 amide bonds. The fourth-order valence-corrected chi connectivity index (χ4v) is 1.01. The van der Waals surface area contributed by atoms with Gasteiger partial charge in [0.05, 0.1) is 12.1 Å². The topological polar surface area (TPSA) is 55.4 Å². The van der Waals surface area contributed by atoms with E-state index in [-0.39, 0.29) is 5.78 Å². The lowest BCUT2D eigenvalue weighted by Gasteiger charge is -1.96. The maximum atomic E-state index is 11.0. The van der Waals surface area contributed by atoms with E-state index >= 15 is 0 Å². The van der Waals surface area contributed by atoms with Crippen molar-refractivity contribution >= 4 is 12.0 Å². The molecule has 0 rings (SSSR count). The first-order chi connectivity index (χ1) is 7.65. The molecule has 0 aromatic heterocycles. The standard InChI is InChI=1S/C13H20N2O/c1-4-6-7-12(5-2)9-15-10-13(8-14)11(3)16/h5-8,10H,4,9,14H2,1-3H3/b7-6-,12-5+,13-8?,15-10?. The number of rotatable bonds is 6. The van der Waals surface area contributed by atoms with Crippen LogP contribution in [0.3, 0.4) is 0 Å². The Bertz CT molecular complexity index is 336. The molecule has 88 valence electrons.